The van der Waals surface area contributed by atoms with Crippen molar-refractivity contribution in [2.45, 2.75) is 44.4 Å². The fourth-order valence-electron chi connectivity index (χ4n) is 5.49. The molecule has 3 saturated heterocycles. The Bertz CT molecular complexity index is 1190. The lowest BCUT2D eigenvalue weighted by molar-refractivity contribution is -0.136. The van der Waals surface area contributed by atoms with Gasteiger partial charge < -0.3 is 14.5 Å². The van der Waals surface area contributed by atoms with Crippen LogP contribution in [0.2, 0.25) is 10.0 Å². The summed E-state index contributed by atoms with van der Waals surface area (Å²) in [4.78, 5) is 45.7. The minimum Gasteiger partial charge on any atom is -0.353 e. The van der Waals surface area contributed by atoms with E-state index in [-0.39, 0.29) is 24.3 Å². The molecule has 190 valence electrons. The number of rotatable bonds is 3. The molecule has 3 aliphatic rings. The van der Waals surface area contributed by atoms with Crippen LogP contribution in [0.1, 0.15) is 52.0 Å². The van der Waals surface area contributed by atoms with Crippen molar-refractivity contribution in [2.24, 2.45) is 0 Å². The maximum absolute atomic E-state index is 13.9. The zero-order valence-corrected chi connectivity index (χ0v) is 21.7. The molecule has 1 unspecified atom stereocenters. The molecule has 3 aliphatic heterocycles. The van der Waals surface area contributed by atoms with Gasteiger partial charge in [-0.25, -0.2) is 0 Å². The van der Waals surface area contributed by atoms with Crippen molar-refractivity contribution in [3.05, 3.63) is 69.2 Å². The molecule has 3 fully saturated rings. The number of hydrogen-bond acceptors (Lipinski definition) is 4. The van der Waals surface area contributed by atoms with E-state index in [0.717, 1.165) is 18.4 Å². The Balaban J connectivity index is 1.39. The van der Waals surface area contributed by atoms with E-state index in [1.807, 2.05) is 30.0 Å². The van der Waals surface area contributed by atoms with E-state index >= 15 is 0 Å². The minimum atomic E-state index is -0.935. The minimum absolute atomic E-state index is 0.0558. The molecule has 0 saturated carbocycles. The maximum atomic E-state index is 13.9. The van der Waals surface area contributed by atoms with E-state index in [0.29, 0.717) is 60.2 Å². The second kappa shape index (κ2) is 10.0. The summed E-state index contributed by atoms with van der Waals surface area (Å²) in [5.74, 6) is -0.416. The second-order valence-electron chi connectivity index (χ2n) is 9.77. The van der Waals surface area contributed by atoms with Crippen LogP contribution in [0.4, 0.5) is 0 Å². The van der Waals surface area contributed by atoms with Gasteiger partial charge >= 0.3 is 0 Å². The molecule has 9 heteroatoms. The Kier molecular flexibility index (Phi) is 6.99. The van der Waals surface area contributed by atoms with Gasteiger partial charge in [-0.2, -0.15) is 0 Å². The SMILES string of the molecule is Cc1cccc(C(=O)N2C(C(=O)N3CCCC3)COC23CCN(C(=O)c2ccc(Cl)c(Cl)c2)CC3)c1. The van der Waals surface area contributed by atoms with Crippen molar-refractivity contribution in [3.63, 3.8) is 0 Å². The smallest absolute Gasteiger partial charge is 0.256 e. The van der Waals surface area contributed by atoms with Crippen molar-refractivity contribution in [2.75, 3.05) is 32.8 Å². The van der Waals surface area contributed by atoms with Gasteiger partial charge in [0, 0.05) is 50.1 Å². The first kappa shape index (κ1) is 25.1. The van der Waals surface area contributed by atoms with Crippen LogP contribution in [-0.2, 0) is 9.53 Å². The molecule has 0 radical (unpaired) electrons. The van der Waals surface area contributed by atoms with E-state index in [9.17, 15) is 14.4 Å². The molecule has 36 heavy (non-hydrogen) atoms. The van der Waals surface area contributed by atoms with Crippen LogP contribution >= 0.6 is 23.2 Å². The van der Waals surface area contributed by atoms with Gasteiger partial charge in [-0.05, 0) is 50.1 Å². The van der Waals surface area contributed by atoms with Crippen LogP contribution in [-0.4, -0.2) is 77.0 Å². The summed E-state index contributed by atoms with van der Waals surface area (Å²) in [6.45, 7) is 4.30. The summed E-state index contributed by atoms with van der Waals surface area (Å²) in [5.41, 5.74) is 1.03. The van der Waals surface area contributed by atoms with Gasteiger partial charge in [-0.3, -0.25) is 19.3 Å². The van der Waals surface area contributed by atoms with Gasteiger partial charge in [0.15, 0.2) is 0 Å². The van der Waals surface area contributed by atoms with E-state index < -0.39 is 11.8 Å². The number of piperidine rings is 1. The average Bonchev–Trinajstić information content (AvgIpc) is 3.54. The molecule has 1 spiro atoms. The topological polar surface area (TPSA) is 70.2 Å². The zero-order chi connectivity index (χ0) is 25.4. The summed E-state index contributed by atoms with van der Waals surface area (Å²) in [5, 5.41) is 0.720. The number of hydrogen-bond donors (Lipinski definition) is 0. The first-order chi connectivity index (χ1) is 17.3. The van der Waals surface area contributed by atoms with Gasteiger partial charge in [0.25, 0.3) is 11.8 Å². The summed E-state index contributed by atoms with van der Waals surface area (Å²) in [7, 11) is 0. The quantitative estimate of drug-likeness (QED) is 0.590. The summed E-state index contributed by atoms with van der Waals surface area (Å²) in [6.07, 6.45) is 2.78. The number of benzene rings is 2. The van der Waals surface area contributed by atoms with Gasteiger partial charge in [-0.15, -0.1) is 0 Å². The van der Waals surface area contributed by atoms with E-state index in [4.69, 9.17) is 27.9 Å². The molecule has 0 N–H and O–H groups in total. The molecule has 3 amide bonds. The number of amides is 3. The molecule has 1 atom stereocenters. The van der Waals surface area contributed by atoms with Crippen LogP contribution in [0.5, 0.6) is 0 Å². The highest BCUT2D eigenvalue weighted by Crippen LogP contribution is 2.39. The normalized spacial score (nSPS) is 21.3. The molecule has 2 aromatic carbocycles. The number of nitrogens with zero attached hydrogens (tertiary/aromatic N) is 3. The Labute approximate surface area is 220 Å². The van der Waals surface area contributed by atoms with Gasteiger partial charge in [-0.1, -0.05) is 40.9 Å². The lowest BCUT2D eigenvalue weighted by Crippen LogP contribution is -2.60. The molecule has 0 bridgehead atoms. The standard InChI is InChI=1S/C27H29Cl2N3O4/c1-18-5-4-6-19(15-18)25(34)32-23(26(35)30-11-2-3-12-30)17-36-27(32)9-13-31(14-10-27)24(33)20-7-8-21(28)22(29)16-20/h4-8,15-16,23H,2-3,9-14,17H2,1H3. The predicted molar refractivity (Wildman–Crippen MR) is 137 cm³/mol. The number of ether oxygens (including phenoxy) is 1. The van der Waals surface area contributed by atoms with E-state index in [1.54, 1.807) is 34.1 Å². The summed E-state index contributed by atoms with van der Waals surface area (Å²) in [6, 6.07) is 11.6. The molecule has 0 aliphatic carbocycles. The molecule has 0 aromatic heterocycles. The highest BCUT2D eigenvalue weighted by Gasteiger charge is 2.55. The number of carbonyl (C=O) groups excluding carboxylic acids is 3. The Morgan fingerprint density at radius 3 is 2.22 bits per heavy atom. The fraction of sp³-hybridized carbons (Fsp3) is 0.444. The van der Waals surface area contributed by atoms with Gasteiger partial charge in [0.1, 0.15) is 11.8 Å². The molecular weight excluding hydrogens is 501 g/mol. The highest BCUT2D eigenvalue weighted by atomic mass is 35.5. The van der Waals surface area contributed by atoms with Crippen LogP contribution in [0.25, 0.3) is 0 Å². The van der Waals surface area contributed by atoms with Gasteiger partial charge in [0.05, 0.1) is 16.7 Å². The third-order valence-electron chi connectivity index (χ3n) is 7.45. The summed E-state index contributed by atoms with van der Waals surface area (Å²) >= 11 is 12.1. The van der Waals surface area contributed by atoms with Gasteiger partial charge in [0.2, 0.25) is 5.91 Å². The van der Waals surface area contributed by atoms with Crippen LogP contribution in [0.15, 0.2) is 42.5 Å². The Morgan fingerprint density at radius 2 is 1.56 bits per heavy atom. The fourth-order valence-corrected chi connectivity index (χ4v) is 5.79. The number of likely N-dealkylation sites (tertiary alicyclic amines) is 2. The number of aryl methyl sites for hydroxylation is 1. The van der Waals surface area contributed by atoms with E-state index in [2.05, 4.69) is 0 Å². The monoisotopic (exact) mass is 529 g/mol. The van der Waals surface area contributed by atoms with Crippen LogP contribution in [0.3, 0.4) is 0 Å². The second-order valence-corrected chi connectivity index (χ2v) is 10.6. The first-order valence-corrected chi connectivity index (χ1v) is 13.1. The van der Waals surface area contributed by atoms with Crippen molar-refractivity contribution < 1.29 is 19.1 Å². The molecule has 3 heterocycles. The zero-order valence-electron chi connectivity index (χ0n) is 20.2. The molecular formula is C27H29Cl2N3O4. The third-order valence-corrected chi connectivity index (χ3v) is 8.18. The van der Waals surface area contributed by atoms with Crippen molar-refractivity contribution in [1.29, 1.82) is 0 Å². The van der Waals surface area contributed by atoms with Crippen LogP contribution < -0.4 is 0 Å². The molecule has 5 rings (SSSR count). The highest BCUT2D eigenvalue weighted by molar-refractivity contribution is 6.42. The molecule has 7 nitrogen and oxygen atoms in total. The number of halogens is 2. The number of carbonyl (C=O) groups is 3. The Morgan fingerprint density at radius 1 is 0.861 bits per heavy atom. The first-order valence-electron chi connectivity index (χ1n) is 12.4. The summed E-state index contributed by atoms with van der Waals surface area (Å²) < 4.78 is 6.31. The van der Waals surface area contributed by atoms with Crippen molar-refractivity contribution in [3.8, 4) is 0 Å². The average molecular weight is 530 g/mol. The van der Waals surface area contributed by atoms with Crippen LogP contribution in [0, 0.1) is 6.92 Å². The van der Waals surface area contributed by atoms with Crippen molar-refractivity contribution in [1.82, 2.24) is 14.7 Å². The third kappa shape index (κ3) is 4.60. The predicted octanol–water partition coefficient (Wildman–Crippen LogP) is 4.40. The lowest BCUT2D eigenvalue weighted by Gasteiger charge is -2.44. The van der Waals surface area contributed by atoms with Crippen molar-refractivity contribution >= 4 is 40.9 Å². The maximum Gasteiger partial charge on any atom is 0.256 e. The largest absolute Gasteiger partial charge is 0.353 e. The lowest BCUT2D eigenvalue weighted by atomic mass is 9.95. The molecule has 2 aromatic rings. The Hall–Kier alpha value is -2.61. The van der Waals surface area contributed by atoms with E-state index in [1.165, 1.54) is 0 Å².